The van der Waals surface area contributed by atoms with Gasteiger partial charge in [0.2, 0.25) is 0 Å². The summed E-state index contributed by atoms with van der Waals surface area (Å²) in [7, 11) is 0. The summed E-state index contributed by atoms with van der Waals surface area (Å²) in [4.78, 5) is 30.8. The number of nitro groups is 1. The first-order chi connectivity index (χ1) is 15.9. The van der Waals surface area contributed by atoms with Crippen molar-refractivity contribution in [3.63, 3.8) is 0 Å². The van der Waals surface area contributed by atoms with Gasteiger partial charge in [0.15, 0.2) is 5.17 Å². The van der Waals surface area contributed by atoms with Crippen LogP contribution in [0.2, 0.25) is 0 Å². The zero-order valence-electron chi connectivity index (χ0n) is 18.6. The van der Waals surface area contributed by atoms with E-state index in [0.717, 1.165) is 17.7 Å². The van der Waals surface area contributed by atoms with Crippen LogP contribution in [0, 0.1) is 17.0 Å². The van der Waals surface area contributed by atoms with Gasteiger partial charge in [-0.05, 0) is 55.8 Å². The third kappa shape index (κ3) is 4.47. The van der Waals surface area contributed by atoms with Crippen molar-refractivity contribution in [1.82, 2.24) is 4.90 Å². The molecule has 1 aromatic heterocycles. The summed E-state index contributed by atoms with van der Waals surface area (Å²) in [6.07, 6.45) is 2.55. The predicted octanol–water partition coefficient (Wildman–Crippen LogP) is 6.35. The summed E-state index contributed by atoms with van der Waals surface area (Å²) in [5.41, 5.74) is 3.19. The molecule has 7 nitrogen and oxygen atoms in total. The van der Waals surface area contributed by atoms with Gasteiger partial charge in [-0.15, -0.1) is 0 Å². The number of nitrogens with zero attached hydrogens (tertiary/aromatic N) is 3. The van der Waals surface area contributed by atoms with Gasteiger partial charge in [-0.2, -0.15) is 0 Å². The van der Waals surface area contributed by atoms with E-state index in [9.17, 15) is 14.9 Å². The Balaban J connectivity index is 1.65. The molecule has 0 aliphatic carbocycles. The molecule has 168 valence electrons. The molecule has 1 amide bonds. The molecule has 1 aliphatic heterocycles. The third-order valence-electron chi connectivity index (χ3n) is 5.46. The number of hydrogen-bond acceptors (Lipinski definition) is 6. The molecule has 8 heteroatoms. The van der Waals surface area contributed by atoms with E-state index in [-0.39, 0.29) is 11.6 Å². The number of rotatable bonds is 6. The summed E-state index contributed by atoms with van der Waals surface area (Å²) in [6, 6.07) is 16.3. The lowest BCUT2D eigenvalue weighted by Gasteiger charge is -2.12. The van der Waals surface area contributed by atoms with E-state index in [1.54, 1.807) is 42.2 Å². The Hall–Kier alpha value is -3.65. The number of benzene rings is 2. The third-order valence-corrected chi connectivity index (χ3v) is 6.47. The van der Waals surface area contributed by atoms with Crippen LogP contribution in [0.5, 0.6) is 0 Å². The number of likely N-dealkylation sites (N-methyl/N-ethyl adjacent to an activating group) is 1. The summed E-state index contributed by atoms with van der Waals surface area (Å²) in [6.45, 7) is 6.19. The average Bonchev–Trinajstić information content (AvgIpc) is 3.38. The molecule has 3 aromatic rings. The van der Waals surface area contributed by atoms with Crippen molar-refractivity contribution in [3.8, 4) is 11.3 Å². The summed E-state index contributed by atoms with van der Waals surface area (Å²) >= 11 is 1.31. The van der Waals surface area contributed by atoms with Crippen molar-refractivity contribution in [2.75, 3.05) is 6.54 Å². The van der Waals surface area contributed by atoms with Crippen LogP contribution in [-0.4, -0.2) is 27.4 Å². The molecule has 2 aromatic carbocycles. The molecule has 33 heavy (non-hydrogen) atoms. The van der Waals surface area contributed by atoms with Crippen molar-refractivity contribution in [2.45, 2.75) is 27.2 Å². The molecule has 4 rings (SSSR count). The molecule has 0 radical (unpaired) electrons. The Bertz CT molecular complexity index is 1290. The molecule has 0 atom stereocenters. The minimum Gasteiger partial charge on any atom is -0.457 e. The van der Waals surface area contributed by atoms with Crippen molar-refractivity contribution in [2.24, 2.45) is 4.99 Å². The number of hydrogen-bond donors (Lipinski definition) is 0. The van der Waals surface area contributed by atoms with Crippen molar-refractivity contribution in [3.05, 3.63) is 86.5 Å². The predicted molar refractivity (Wildman–Crippen MR) is 131 cm³/mol. The van der Waals surface area contributed by atoms with Gasteiger partial charge in [0.1, 0.15) is 11.5 Å². The Morgan fingerprint density at radius 1 is 1.12 bits per heavy atom. The van der Waals surface area contributed by atoms with Crippen molar-refractivity contribution in [1.29, 1.82) is 0 Å². The number of para-hydroxylation sites is 1. The lowest BCUT2D eigenvalue weighted by Crippen LogP contribution is -2.28. The van der Waals surface area contributed by atoms with E-state index < -0.39 is 4.92 Å². The fourth-order valence-corrected chi connectivity index (χ4v) is 4.72. The number of nitro benzene ring substituents is 1. The SMILES string of the molecule is CCc1ccccc1N=C1S/C(=C/c2ccc(-c3cccc([N+](=O)[O-])c3C)o2)C(=O)N1CC. The van der Waals surface area contributed by atoms with Crippen LogP contribution in [-0.2, 0) is 11.2 Å². The molecule has 0 N–H and O–H groups in total. The van der Waals surface area contributed by atoms with Crippen LogP contribution < -0.4 is 0 Å². The first-order valence-corrected chi connectivity index (χ1v) is 11.5. The minimum atomic E-state index is -0.407. The fourth-order valence-electron chi connectivity index (χ4n) is 3.68. The number of aliphatic imine (C=N–C) groups is 1. The summed E-state index contributed by atoms with van der Waals surface area (Å²) < 4.78 is 5.93. The highest BCUT2D eigenvalue weighted by molar-refractivity contribution is 8.18. The van der Waals surface area contributed by atoms with Gasteiger partial charge in [0.05, 0.1) is 15.5 Å². The van der Waals surface area contributed by atoms with E-state index in [1.165, 1.54) is 17.8 Å². The van der Waals surface area contributed by atoms with Crippen LogP contribution in [0.3, 0.4) is 0 Å². The van der Waals surface area contributed by atoms with Crippen LogP contribution >= 0.6 is 11.8 Å². The molecule has 1 saturated heterocycles. The van der Waals surface area contributed by atoms with Gasteiger partial charge in [-0.25, -0.2) is 4.99 Å². The summed E-state index contributed by atoms with van der Waals surface area (Å²) in [5, 5.41) is 11.9. The number of carbonyl (C=O) groups is 1. The van der Waals surface area contributed by atoms with Gasteiger partial charge < -0.3 is 4.42 Å². The Labute approximate surface area is 196 Å². The number of furan rings is 1. The summed E-state index contributed by atoms with van der Waals surface area (Å²) in [5.74, 6) is 0.884. The van der Waals surface area contributed by atoms with Crippen molar-refractivity contribution < 1.29 is 14.1 Å². The second-order valence-corrected chi connectivity index (χ2v) is 8.45. The zero-order valence-corrected chi connectivity index (χ0v) is 19.4. The molecule has 2 heterocycles. The lowest BCUT2D eigenvalue weighted by atomic mass is 10.1. The van der Waals surface area contributed by atoms with E-state index in [1.807, 2.05) is 31.2 Å². The highest BCUT2D eigenvalue weighted by atomic mass is 32.2. The molecule has 0 spiro atoms. The Kier molecular flexibility index (Phi) is 6.46. The second-order valence-electron chi connectivity index (χ2n) is 7.45. The van der Waals surface area contributed by atoms with Crippen molar-refractivity contribution >= 4 is 40.3 Å². The van der Waals surface area contributed by atoms with Gasteiger partial charge in [0, 0.05) is 29.8 Å². The molecule has 1 aliphatic rings. The smallest absolute Gasteiger partial charge is 0.273 e. The van der Waals surface area contributed by atoms with Gasteiger partial charge in [0.25, 0.3) is 11.6 Å². The maximum atomic E-state index is 13.0. The van der Waals surface area contributed by atoms with Crippen LogP contribution in [0.25, 0.3) is 17.4 Å². The monoisotopic (exact) mass is 461 g/mol. The van der Waals surface area contributed by atoms with Crippen LogP contribution in [0.1, 0.15) is 30.7 Å². The molecular weight excluding hydrogens is 438 g/mol. The molecule has 0 bridgehead atoms. The second kappa shape index (κ2) is 9.46. The molecular formula is C25H23N3O4S. The fraction of sp³-hybridized carbons (Fsp3) is 0.200. The number of aryl methyl sites for hydroxylation is 1. The quantitative estimate of drug-likeness (QED) is 0.242. The largest absolute Gasteiger partial charge is 0.457 e. The lowest BCUT2D eigenvalue weighted by molar-refractivity contribution is -0.385. The number of amides is 1. The van der Waals surface area contributed by atoms with Gasteiger partial charge in [-0.1, -0.05) is 37.3 Å². The average molecular weight is 462 g/mol. The van der Waals surface area contributed by atoms with E-state index in [4.69, 9.17) is 9.41 Å². The minimum absolute atomic E-state index is 0.0390. The maximum absolute atomic E-state index is 13.0. The maximum Gasteiger partial charge on any atom is 0.273 e. The first-order valence-electron chi connectivity index (χ1n) is 10.6. The number of amidine groups is 1. The Morgan fingerprint density at radius 3 is 2.64 bits per heavy atom. The van der Waals surface area contributed by atoms with Crippen LogP contribution in [0.4, 0.5) is 11.4 Å². The topological polar surface area (TPSA) is 89.0 Å². The van der Waals surface area contributed by atoms with E-state index in [0.29, 0.717) is 39.3 Å². The van der Waals surface area contributed by atoms with E-state index >= 15 is 0 Å². The molecule has 0 saturated carbocycles. The normalized spacial score (nSPS) is 16.2. The van der Waals surface area contributed by atoms with Gasteiger partial charge in [-0.3, -0.25) is 19.8 Å². The molecule has 0 unspecified atom stereocenters. The van der Waals surface area contributed by atoms with E-state index in [2.05, 4.69) is 6.92 Å². The zero-order chi connectivity index (χ0) is 23.5. The van der Waals surface area contributed by atoms with Crippen LogP contribution in [0.15, 0.2) is 68.9 Å². The Morgan fingerprint density at radius 2 is 1.91 bits per heavy atom. The highest BCUT2D eigenvalue weighted by Crippen LogP contribution is 2.36. The number of thioether (sulfide) groups is 1. The van der Waals surface area contributed by atoms with Gasteiger partial charge >= 0.3 is 0 Å². The number of carbonyl (C=O) groups excluding carboxylic acids is 1. The first kappa shape index (κ1) is 22.5. The standard InChI is InChI=1S/C25H23N3O4S/c1-4-17-9-6-7-11-20(17)26-25-27(5-2)24(29)23(33-25)15-18-13-14-22(32-18)19-10-8-12-21(16(19)3)28(30)31/h6-15H,4-5H2,1-3H3/b23-15+,26-25?. The highest BCUT2D eigenvalue weighted by Gasteiger charge is 2.32. The molecule has 1 fully saturated rings.